The van der Waals surface area contributed by atoms with Crippen LogP contribution in [0.5, 0.6) is 0 Å². The van der Waals surface area contributed by atoms with E-state index in [0.29, 0.717) is 6.04 Å². The van der Waals surface area contributed by atoms with Crippen molar-refractivity contribution >= 4 is 22.5 Å². The van der Waals surface area contributed by atoms with Gasteiger partial charge in [0.1, 0.15) is 0 Å². The number of halogens is 1. The molecule has 80 valence electrons. The van der Waals surface area contributed by atoms with Crippen LogP contribution in [-0.2, 0) is 6.54 Å². The molecule has 2 N–H and O–H groups in total. The van der Waals surface area contributed by atoms with Crippen molar-refractivity contribution < 1.29 is 0 Å². The molecule has 1 aromatic heterocycles. The molecule has 3 heteroatoms. The Morgan fingerprint density at radius 3 is 2.93 bits per heavy atom. The van der Waals surface area contributed by atoms with Gasteiger partial charge >= 0.3 is 0 Å². The van der Waals surface area contributed by atoms with Crippen molar-refractivity contribution in [3.8, 4) is 0 Å². The molecule has 2 aromatic rings. The molecule has 0 saturated carbocycles. The average molecular weight is 223 g/mol. The van der Waals surface area contributed by atoms with Gasteiger partial charge in [0.2, 0.25) is 0 Å². The van der Waals surface area contributed by atoms with Crippen LogP contribution in [-0.4, -0.2) is 11.0 Å². The van der Waals surface area contributed by atoms with Crippen LogP contribution in [0.15, 0.2) is 24.4 Å². The average Bonchev–Trinajstić information content (AvgIpc) is 2.57. The van der Waals surface area contributed by atoms with Crippen LogP contribution in [0.4, 0.5) is 0 Å². The maximum atomic E-state index is 5.92. The second-order valence-corrected chi connectivity index (χ2v) is 4.48. The van der Waals surface area contributed by atoms with Crippen molar-refractivity contribution in [3.63, 3.8) is 0 Å². The van der Waals surface area contributed by atoms with Gasteiger partial charge in [-0.3, -0.25) is 0 Å². The number of aromatic amines is 1. The quantitative estimate of drug-likeness (QED) is 0.819. The highest BCUT2D eigenvalue weighted by molar-refractivity contribution is 6.31. The van der Waals surface area contributed by atoms with Gasteiger partial charge in [0.25, 0.3) is 0 Å². The van der Waals surface area contributed by atoms with Crippen LogP contribution >= 0.6 is 11.6 Å². The summed E-state index contributed by atoms with van der Waals surface area (Å²) in [5.41, 5.74) is 2.39. The second-order valence-electron chi connectivity index (χ2n) is 4.04. The minimum Gasteiger partial charge on any atom is -0.361 e. The van der Waals surface area contributed by atoms with E-state index in [4.69, 9.17) is 11.6 Å². The maximum Gasteiger partial charge on any atom is 0.0472 e. The molecule has 15 heavy (non-hydrogen) atoms. The minimum atomic E-state index is 0.502. The summed E-state index contributed by atoms with van der Waals surface area (Å²) in [6, 6.07) is 6.44. The predicted molar refractivity (Wildman–Crippen MR) is 65.3 cm³/mol. The van der Waals surface area contributed by atoms with Gasteiger partial charge in [0.05, 0.1) is 0 Å². The first-order valence-corrected chi connectivity index (χ1v) is 5.53. The lowest BCUT2D eigenvalue weighted by atomic mass is 10.1. The molecule has 0 aliphatic carbocycles. The van der Waals surface area contributed by atoms with Crippen LogP contribution in [0.2, 0.25) is 5.02 Å². The highest BCUT2D eigenvalue weighted by Crippen LogP contribution is 2.21. The summed E-state index contributed by atoms with van der Waals surface area (Å²) >= 11 is 5.92. The number of aromatic nitrogens is 1. The van der Waals surface area contributed by atoms with E-state index < -0.39 is 0 Å². The van der Waals surface area contributed by atoms with Gasteiger partial charge in [0, 0.05) is 34.7 Å². The van der Waals surface area contributed by atoms with Crippen molar-refractivity contribution in [3.05, 3.63) is 35.0 Å². The number of nitrogens with one attached hydrogen (secondary N) is 2. The highest BCUT2D eigenvalue weighted by Gasteiger charge is 2.04. The molecule has 1 heterocycles. The standard InChI is InChI=1S/C12H15ClN2/c1-8(2)14-6-9-7-15-12-5-10(13)3-4-11(9)12/h3-5,7-8,14-15H,6H2,1-2H3. The lowest BCUT2D eigenvalue weighted by Gasteiger charge is -2.06. The molecule has 0 amide bonds. The fourth-order valence-corrected chi connectivity index (χ4v) is 1.79. The molecule has 1 aromatic carbocycles. The number of H-pyrrole nitrogens is 1. The smallest absolute Gasteiger partial charge is 0.0472 e. The van der Waals surface area contributed by atoms with Gasteiger partial charge in [-0.1, -0.05) is 31.5 Å². The van der Waals surface area contributed by atoms with E-state index >= 15 is 0 Å². The van der Waals surface area contributed by atoms with Crippen molar-refractivity contribution in [1.29, 1.82) is 0 Å². The van der Waals surface area contributed by atoms with Crippen LogP contribution in [0, 0.1) is 0 Å². The van der Waals surface area contributed by atoms with Gasteiger partial charge in [-0.25, -0.2) is 0 Å². The number of hydrogen-bond donors (Lipinski definition) is 2. The molecular formula is C12H15ClN2. The zero-order valence-corrected chi connectivity index (χ0v) is 9.73. The van der Waals surface area contributed by atoms with E-state index in [9.17, 15) is 0 Å². The Morgan fingerprint density at radius 2 is 2.20 bits per heavy atom. The summed E-state index contributed by atoms with van der Waals surface area (Å²) in [7, 11) is 0. The zero-order valence-electron chi connectivity index (χ0n) is 8.97. The van der Waals surface area contributed by atoms with Crippen LogP contribution in [0.1, 0.15) is 19.4 Å². The Balaban J connectivity index is 2.29. The fourth-order valence-electron chi connectivity index (χ4n) is 1.62. The van der Waals surface area contributed by atoms with E-state index in [1.54, 1.807) is 0 Å². The van der Waals surface area contributed by atoms with Gasteiger partial charge in [-0.05, 0) is 17.7 Å². The second kappa shape index (κ2) is 4.25. The fraction of sp³-hybridized carbons (Fsp3) is 0.333. The Kier molecular flexibility index (Phi) is 2.98. The molecule has 0 fully saturated rings. The van der Waals surface area contributed by atoms with Gasteiger partial charge < -0.3 is 10.3 Å². The van der Waals surface area contributed by atoms with E-state index in [1.807, 2.05) is 18.3 Å². The van der Waals surface area contributed by atoms with E-state index in [-0.39, 0.29) is 0 Å². The minimum absolute atomic E-state index is 0.502. The number of hydrogen-bond acceptors (Lipinski definition) is 1. The first-order valence-electron chi connectivity index (χ1n) is 5.15. The molecular weight excluding hydrogens is 208 g/mol. The van der Waals surface area contributed by atoms with Gasteiger partial charge in [-0.15, -0.1) is 0 Å². The molecule has 0 spiro atoms. The predicted octanol–water partition coefficient (Wildman–Crippen LogP) is 3.32. The van der Waals surface area contributed by atoms with Crippen molar-refractivity contribution in [2.24, 2.45) is 0 Å². The monoisotopic (exact) mass is 222 g/mol. The third kappa shape index (κ3) is 2.33. The Labute approximate surface area is 94.6 Å². The third-order valence-electron chi connectivity index (χ3n) is 2.43. The first kappa shape index (κ1) is 10.5. The van der Waals surface area contributed by atoms with Crippen molar-refractivity contribution in [2.45, 2.75) is 26.4 Å². The highest BCUT2D eigenvalue weighted by atomic mass is 35.5. The van der Waals surface area contributed by atoms with Crippen molar-refractivity contribution in [2.75, 3.05) is 0 Å². The molecule has 2 nitrogen and oxygen atoms in total. The Hall–Kier alpha value is -0.990. The molecule has 0 aliphatic heterocycles. The summed E-state index contributed by atoms with van der Waals surface area (Å²) in [6.07, 6.45) is 2.04. The molecule has 0 bridgehead atoms. The maximum absolute atomic E-state index is 5.92. The Morgan fingerprint density at radius 1 is 1.40 bits per heavy atom. The molecule has 0 radical (unpaired) electrons. The van der Waals surface area contributed by atoms with Crippen LogP contribution < -0.4 is 5.32 Å². The molecule has 0 unspecified atom stereocenters. The van der Waals surface area contributed by atoms with Gasteiger partial charge in [0.15, 0.2) is 0 Å². The van der Waals surface area contributed by atoms with E-state index in [1.165, 1.54) is 10.9 Å². The van der Waals surface area contributed by atoms with Crippen molar-refractivity contribution in [1.82, 2.24) is 10.3 Å². The topological polar surface area (TPSA) is 27.8 Å². The summed E-state index contributed by atoms with van der Waals surface area (Å²) in [5.74, 6) is 0. The molecule has 0 aliphatic rings. The van der Waals surface area contributed by atoms with Crippen LogP contribution in [0.3, 0.4) is 0 Å². The lowest BCUT2D eigenvalue weighted by molar-refractivity contribution is 0.590. The largest absolute Gasteiger partial charge is 0.361 e. The van der Waals surface area contributed by atoms with E-state index in [2.05, 4.69) is 30.2 Å². The van der Waals surface area contributed by atoms with Gasteiger partial charge in [-0.2, -0.15) is 0 Å². The molecule has 2 rings (SSSR count). The SMILES string of the molecule is CC(C)NCc1c[nH]c2cc(Cl)ccc12. The summed E-state index contributed by atoms with van der Waals surface area (Å²) in [4.78, 5) is 3.23. The first-order chi connectivity index (χ1) is 7.16. The normalized spacial score (nSPS) is 11.5. The van der Waals surface area contributed by atoms with E-state index in [0.717, 1.165) is 17.1 Å². The number of benzene rings is 1. The number of fused-ring (bicyclic) bond motifs is 1. The lowest BCUT2D eigenvalue weighted by Crippen LogP contribution is -2.21. The molecule has 0 atom stereocenters. The molecule has 0 saturated heterocycles. The zero-order chi connectivity index (χ0) is 10.8. The third-order valence-corrected chi connectivity index (χ3v) is 2.67. The summed E-state index contributed by atoms with van der Waals surface area (Å²) in [5, 5.41) is 5.42. The summed E-state index contributed by atoms with van der Waals surface area (Å²) < 4.78 is 0. The summed E-state index contributed by atoms with van der Waals surface area (Å²) in [6.45, 7) is 5.18. The number of rotatable bonds is 3. The van der Waals surface area contributed by atoms with Crippen LogP contribution in [0.25, 0.3) is 10.9 Å². The Bertz CT molecular complexity index is 460.